The highest BCUT2D eigenvalue weighted by molar-refractivity contribution is 6.30. The zero-order chi connectivity index (χ0) is 19.9. The van der Waals surface area contributed by atoms with Gasteiger partial charge in [0, 0.05) is 16.6 Å². The van der Waals surface area contributed by atoms with E-state index >= 15 is 0 Å². The van der Waals surface area contributed by atoms with Gasteiger partial charge >= 0.3 is 0 Å². The van der Waals surface area contributed by atoms with Gasteiger partial charge < -0.3 is 14.8 Å². The number of carbonyl (C=O) groups is 1. The monoisotopic (exact) mass is 390 g/mol. The standard InChI is InChI=1S/C21H27ClN2O3/c1-5-21(6-2,15-7-9-16(22)10-8-15)23-14-20(25)24-18-12-11-17(26-3)13-19(18)27-4/h7-13,23H,5-6,14H2,1-4H3,(H,24,25). The Morgan fingerprint density at radius 1 is 1.04 bits per heavy atom. The second-order valence-electron chi connectivity index (χ2n) is 6.26. The first-order chi connectivity index (χ1) is 13.0. The number of anilines is 1. The van der Waals surface area contributed by atoms with E-state index in [-0.39, 0.29) is 18.0 Å². The molecular weight excluding hydrogens is 364 g/mol. The Hall–Kier alpha value is -2.24. The summed E-state index contributed by atoms with van der Waals surface area (Å²) in [7, 11) is 3.14. The van der Waals surface area contributed by atoms with Crippen LogP contribution in [0, 0.1) is 0 Å². The molecule has 0 saturated heterocycles. The molecule has 0 aromatic heterocycles. The summed E-state index contributed by atoms with van der Waals surface area (Å²) in [4.78, 5) is 12.5. The molecule has 27 heavy (non-hydrogen) atoms. The van der Waals surface area contributed by atoms with Crippen LogP contribution in [-0.4, -0.2) is 26.7 Å². The molecule has 0 aliphatic heterocycles. The minimum absolute atomic E-state index is 0.140. The van der Waals surface area contributed by atoms with Gasteiger partial charge in [0.1, 0.15) is 11.5 Å². The average Bonchev–Trinajstić information content (AvgIpc) is 2.70. The number of benzene rings is 2. The maximum Gasteiger partial charge on any atom is 0.238 e. The molecule has 0 aliphatic rings. The molecule has 5 nitrogen and oxygen atoms in total. The Morgan fingerprint density at radius 2 is 1.70 bits per heavy atom. The largest absolute Gasteiger partial charge is 0.497 e. The summed E-state index contributed by atoms with van der Waals surface area (Å²) < 4.78 is 10.5. The van der Waals surface area contributed by atoms with Crippen LogP contribution in [0.15, 0.2) is 42.5 Å². The fourth-order valence-corrected chi connectivity index (χ4v) is 3.25. The highest BCUT2D eigenvalue weighted by atomic mass is 35.5. The van der Waals surface area contributed by atoms with Gasteiger partial charge in [-0.3, -0.25) is 10.1 Å². The first-order valence-corrected chi connectivity index (χ1v) is 9.38. The van der Waals surface area contributed by atoms with E-state index in [1.165, 1.54) is 0 Å². The molecule has 0 aliphatic carbocycles. The summed E-state index contributed by atoms with van der Waals surface area (Å²) in [6, 6.07) is 13.0. The summed E-state index contributed by atoms with van der Waals surface area (Å²) in [5.74, 6) is 1.08. The number of halogens is 1. The Bertz CT molecular complexity index is 759. The number of methoxy groups -OCH3 is 2. The van der Waals surface area contributed by atoms with E-state index in [1.54, 1.807) is 32.4 Å². The van der Waals surface area contributed by atoms with Gasteiger partial charge in [-0.1, -0.05) is 37.6 Å². The second-order valence-corrected chi connectivity index (χ2v) is 6.70. The number of hydrogen-bond acceptors (Lipinski definition) is 4. The lowest BCUT2D eigenvalue weighted by molar-refractivity contribution is -0.115. The van der Waals surface area contributed by atoms with Crippen LogP contribution in [0.25, 0.3) is 0 Å². The number of carbonyl (C=O) groups excluding carboxylic acids is 1. The molecule has 0 radical (unpaired) electrons. The number of hydrogen-bond donors (Lipinski definition) is 2. The molecule has 6 heteroatoms. The zero-order valence-electron chi connectivity index (χ0n) is 16.3. The summed E-state index contributed by atoms with van der Waals surface area (Å²) >= 11 is 6.01. The van der Waals surface area contributed by atoms with Gasteiger partial charge in [0.25, 0.3) is 0 Å². The quantitative estimate of drug-likeness (QED) is 0.656. The second kappa shape index (κ2) is 9.62. The Morgan fingerprint density at radius 3 is 2.26 bits per heavy atom. The third-order valence-electron chi connectivity index (χ3n) is 4.87. The molecule has 0 heterocycles. The summed E-state index contributed by atoms with van der Waals surface area (Å²) in [5, 5.41) is 7.02. The number of ether oxygens (including phenoxy) is 2. The zero-order valence-corrected chi connectivity index (χ0v) is 17.0. The van der Waals surface area contributed by atoms with E-state index in [1.807, 2.05) is 24.3 Å². The van der Waals surface area contributed by atoms with Gasteiger partial charge in [-0.05, 0) is 42.7 Å². The lowest BCUT2D eigenvalue weighted by Gasteiger charge is -2.33. The SMILES string of the molecule is CCC(CC)(NCC(=O)Nc1ccc(OC)cc1OC)c1ccc(Cl)cc1. The van der Waals surface area contributed by atoms with Crippen LogP contribution in [0.2, 0.25) is 5.02 Å². The minimum atomic E-state index is -0.286. The van der Waals surface area contributed by atoms with Crippen molar-refractivity contribution in [2.24, 2.45) is 0 Å². The third kappa shape index (κ3) is 5.15. The molecule has 2 aromatic carbocycles. The molecule has 0 unspecified atom stereocenters. The van der Waals surface area contributed by atoms with Crippen molar-refractivity contribution in [3.05, 3.63) is 53.1 Å². The molecule has 0 spiro atoms. The molecule has 0 fully saturated rings. The van der Waals surface area contributed by atoms with Crippen LogP contribution in [0.4, 0.5) is 5.69 Å². The van der Waals surface area contributed by atoms with E-state index in [0.717, 1.165) is 18.4 Å². The predicted octanol–water partition coefficient (Wildman–Crippen LogP) is 4.60. The van der Waals surface area contributed by atoms with E-state index in [2.05, 4.69) is 24.5 Å². The van der Waals surface area contributed by atoms with Gasteiger partial charge in [0.15, 0.2) is 0 Å². The molecule has 146 valence electrons. The van der Waals surface area contributed by atoms with Crippen molar-refractivity contribution in [3.8, 4) is 11.5 Å². The summed E-state index contributed by atoms with van der Waals surface area (Å²) in [6.45, 7) is 4.39. The van der Waals surface area contributed by atoms with Gasteiger partial charge in [0.2, 0.25) is 5.91 Å². The van der Waals surface area contributed by atoms with Crippen molar-refractivity contribution in [3.63, 3.8) is 0 Å². The highest BCUT2D eigenvalue weighted by Crippen LogP contribution is 2.31. The van der Waals surface area contributed by atoms with Crippen molar-refractivity contribution in [1.82, 2.24) is 5.32 Å². The molecule has 2 rings (SSSR count). The number of amides is 1. The maximum atomic E-state index is 12.5. The normalized spacial score (nSPS) is 11.1. The van der Waals surface area contributed by atoms with E-state index in [9.17, 15) is 4.79 Å². The molecule has 0 saturated carbocycles. The van der Waals surface area contributed by atoms with E-state index in [4.69, 9.17) is 21.1 Å². The number of nitrogens with one attached hydrogen (secondary N) is 2. The van der Waals surface area contributed by atoms with Crippen LogP contribution in [-0.2, 0) is 10.3 Å². The first kappa shape index (κ1) is 21.1. The predicted molar refractivity (Wildman–Crippen MR) is 110 cm³/mol. The Labute approximate surface area is 166 Å². The average molecular weight is 391 g/mol. The maximum absolute atomic E-state index is 12.5. The fraction of sp³-hybridized carbons (Fsp3) is 0.381. The van der Waals surface area contributed by atoms with Crippen molar-refractivity contribution >= 4 is 23.2 Å². The lowest BCUT2D eigenvalue weighted by Crippen LogP contribution is -2.45. The summed E-state index contributed by atoms with van der Waals surface area (Å²) in [6.07, 6.45) is 1.70. The van der Waals surface area contributed by atoms with Crippen molar-refractivity contribution < 1.29 is 14.3 Å². The van der Waals surface area contributed by atoms with E-state index in [0.29, 0.717) is 22.2 Å². The molecule has 2 aromatic rings. The molecule has 0 atom stereocenters. The van der Waals surface area contributed by atoms with Gasteiger partial charge in [-0.25, -0.2) is 0 Å². The summed E-state index contributed by atoms with van der Waals surface area (Å²) in [5.41, 5.74) is 1.44. The molecule has 2 N–H and O–H groups in total. The first-order valence-electron chi connectivity index (χ1n) is 9.01. The van der Waals surface area contributed by atoms with Gasteiger partial charge in [0.05, 0.1) is 26.5 Å². The van der Waals surface area contributed by atoms with Crippen LogP contribution in [0.5, 0.6) is 11.5 Å². The fourth-order valence-electron chi connectivity index (χ4n) is 3.12. The van der Waals surface area contributed by atoms with Gasteiger partial charge in [-0.2, -0.15) is 0 Å². The van der Waals surface area contributed by atoms with Gasteiger partial charge in [-0.15, -0.1) is 0 Å². The molecular formula is C21H27ClN2O3. The lowest BCUT2D eigenvalue weighted by atomic mass is 9.84. The smallest absolute Gasteiger partial charge is 0.238 e. The Kier molecular flexibility index (Phi) is 7.51. The van der Waals surface area contributed by atoms with Crippen LogP contribution in [0.1, 0.15) is 32.3 Å². The minimum Gasteiger partial charge on any atom is -0.497 e. The third-order valence-corrected chi connectivity index (χ3v) is 5.13. The van der Waals surface area contributed by atoms with Crippen LogP contribution in [0.3, 0.4) is 0 Å². The number of rotatable bonds is 9. The molecule has 1 amide bonds. The van der Waals surface area contributed by atoms with Crippen molar-refractivity contribution in [1.29, 1.82) is 0 Å². The topological polar surface area (TPSA) is 59.6 Å². The van der Waals surface area contributed by atoms with E-state index < -0.39 is 0 Å². The van der Waals surface area contributed by atoms with Crippen LogP contribution < -0.4 is 20.1 Å². The van der Waals surface area contributed by atoms with Crippen LogP contribution >= 0.6 is 11.6 Å². The highest BCUT2D eigenvalue weighted by Gasteiger charge is 2.28. The van der Waals surface area contributed by atoms with Crippen molar-refractivity contribution in [2.45, 2.75) is 32.2 Å². The molecule has 0 bridgehead atoms. The Balaban J connectivity index is 2.09. The van der Waals surface area contributed by atoms with Crippen molar-refractivity contribution in [2.75, 3.05) is 26.1 Å².